The van der Waals surface area contributed by atoms with E-state index >= 15 is 0 Å². The molecule has 0 atom stereocenters. The summed E-state index contributed by atoms with van der Waals surface area (Å²) in [6.45, 7) is 1.29. The van der Waals surface area contributed by atoms with Gasteiger partial charge in [-0.1, -0.05) is 29.8 Å². The monoisotopic (exact) mass is 434 g/mol. The predicted molar refractivity (Wildman–Crippen MR) is 107 cm³/mol. The summed E-state index contributed by atoms with van der Waals surface area (Å²) in [6.07, 6.45) is 0. The third kappa shape index (κ3) is 3.40. The van der Waals surface area contributed by atoms with Crippen molar-refractivity contribution < 1.29 is 12.8 Å². The van der Waals surface area contributed by atoms with Gasteiger partial charge in [-0.25, -0.2) is 8.42 Å². The van der Waals surface area contributed by atoms with Gasteiger partial charge in [-0.05, 0) is 23.6 Å². The third-order valence-electron chi connectivity index (χ3n) is 4.43. The molecule has 1 aromatic carbocycles. The van der Waals surface area contributed by atoms with Gasteiger partial charge in [-0.3, -0.25) is 0 Å². The van der Waals surface area contributed by atoms with Crippen LogP contribution in [-0.4, -0.2) is 43.9 Å². The molecule has 0 spiro atoms. The van der Waals surface area contributed by atoms with Crippen LogP contribution in [-0.2, 0) is 10.0 Å². The average Bonchev–Trinajstić information content (AvgIpc) is 3.38. The molecule has 0 aliphatic carbocycles. The summed E-state index contributed by atoms with van der Waals surface area (Å²) < 4.78 is 33.0. The highest BCUT2D eigenvalue weighted by atomic mass is 35.5. The topological polar surface area (TPSA) is 90.4 Å². The lowest BCUT2D eigenvalue weighted by molar-refractivity contribution is 0.374. The van der Waals surface area contributed by atoms with E-state index in [0.717, 1.165) is 4.88 Å². The number of rotatable bonds is 4. The Morgan fingerprint density at radius 1 is 1.14 bits per heavy atom. The predicted octanol–water partition coefficient (Wildman–Crippen LogP) is 3.44. The molecule has 7 nitrogen and oxygen atoms in total. The first-order valence-electron chi connectivity index (χ1n) is 8.45. The highest BCUT2D eigenvalue weighted by Crippen LogP contribution is 2.32. The highest BCUT2D eigenvalue weighted by molar-refractivity contribution is 7.89. The molecule has 1 saturated heterocycles. The summed E-state index contributed by atoms with van der Waals surface area (Å²) in [5.74, 6) is 0.772. The third-order valence-corrected chi connectivity index (χ3v) is 7.68. The Kier molecular flexibility index (Phi) is 5.12. The van der Waals surface area contributed by atoms with Crippen LogP contribution in [0, 0.1) is 11.3 Å². The fraction of sp³-hybridized carbons (Fsp3) is 0.222. The second-order valence-electron chi connectivity index (χ2n) is 6.08. The maximum atomic E-state index is 12.9. The Morgan fingerprint density at radius 3 is 2.54 bits per heavy atom. The van der Waals surface area contributed by atoms with Gasteiger partial charge >= 0.3 is 0 Å². The first-order chi connectivity index (χ1) is 13.5. The number of benzene rings is 1. The van der Waals surface area contributed by atoms with E-state index < -0.39 is 10.0 Å². The number of nitrogens with zero attached hydrogens (tertiary/aromatic N) is 4. The molecule has 2 aromatic heterocycles. The largest absolute Gasteiger partial charge is 0.418 e. The standard InChI is InChI=1S/C18H15ClN4O3S2/c19-13-4-1-2-6-16(13)28(24,25)23-9-7-22(8-10-23)18-14(12-20)21-17(26-18)15-5-3-11-27-15/h1-6,11H,7-10H2. The van der Waals surface area contributed by atoms with Crippen LogP contribution < -0.4 is 4.90 Å². The normalized spacial score (nSPS) is 15.5. The van der Waals surface area contributed by atoms with E-state index in [9.17, 15) is 13.7 Å². The van der Waals surface area contributed by atoms with Gasteiger partial charge in [0.1, 0.15) is 11.0 Å². The first kappa shape index (κ1) is 19.0. The maximum absolute atomic E-state index is 12.9. The smallest absolute Gasteiger partial charge is 0.244 e. The number of oxazole rings is 1. The van der Waals surface area contributed by atoms with Gasteiger partial charge in [0.25, 0.3) is 0 Å². The minimum atomic E-state index is -3.68. The maximum Gasteiger partial charge on any atom is 0.244 e. The molecule has 0 saturated carbocycles. The van der Waals surface area contributed by atoms with Crippen LogP contribution in [0.1, 0.15) is 5.69 Å². The second-order valence-corrected chi connectivity index (χ2v) is 9.34. The number of hydrogen-bond donors (Lipinski definition) is 0. The van der Waals surface area contributed by atoms with Gasteiger partial charge in [0, 0.05) is 26.2 Å². The highest BCUT2D eigenvalue weighted by Gasteiger charge is 2.32. The number of piperazine rings is 1. The zero-order chi connectivity index (χ0) is 19.7. The second kappa shape index (κ2) is 7.56. The number of thiophene rings is 1. The average molecular weight is 435 g/mol. The van der Waals surface area contributed by atoms with Crippen LogP contribution in [0.5, 0.6) is 0 Å². The van der Waals surface area contributed by atoms with Crippen molar-refractivity contribution in [1.82, 2.24) is 9.29 Å². The van der Waals surface area contributed by atoms with Gasteiger partial charge in [-0.15, -0.1) is 11.3 Å². The zero-order valence-corrected chi connectivity index (χ0v) is 17.0. The van der Waals surface area contributed by atoms with Crippen molar-refractivity contribution >= 4 is 38.8 Å². The molecule has 0 amide bonds. The summed E-state index contributed by atoms with van der Waals surface area (Å²) in [5, 5.41) is 11.5. The number of nitriles is 1. The van der Waals surface area contributed by atoms with E-state index in [1.807, 2.05) is 22.4 Å². The molecule has 144 valence electrons. The van der Waals surface area contributed by atoms with E-state index in [2.05, 4.69) is 11.1 Å². The van der Waals surface area contributed by atoms with Crippen LogP contribution in [0.15, 0.2) is 51.1 Å². The lowest BCUT2D eigenvalue weighted by atomic mass is 10.3. The fourth-order valence-electron chi connectivity index (χ4n) is 3.03. The molecule has 1 aliphatic heterocycles. The molecule has 3 aromatic rings. The summed E-state index contributed by atoms with van der Waals surface area (Å²) in [7, 11) is -3.68. The summed E-state index contributed by atoms with van der Waals surface area (Å²) in [4.78, 5) is 7.05. The van der Waals surface area contributed by atoms with E-state index in [1.54, 1.807) is 18.2 Å². The molecule has 1 aliphatic rings. The molecule has 28 heavy (non-hydrogen) atoms. The lowest BCUT2D eigenvalue weighted by Crippen LogP contribution is -2.48. The van der Waals surface area contributed by atoms with Crippen molar-refractivity contribution in [1.29, 1.82) is 5.26 Å². The molecule has 0 bridgehead atoms. The molecule has 1 fully saturated rings. The minimum Gasteiger partial charge on any atom is -0.418 e. The Morgan fingerprint density at radius 2 is 1.89 bits per heavy atom. The van der Waals surface area contributed by atoms with Gasteiger partial charge < -0.3 is 9.32 Å². The van der Waals surface area contributed by atoms with Crippen LogP contribution in [0.25, 0.3) is 10.8 Å². The Hall–Kier alpha value is -2.38. The van der Waals surface area contributed by atoms with Crippen LogP contribution in [0.4, 0.5) is 5.88 Å². The SMILES string of the molecule is N#Cc1nc(-c2cccs2)oc1N1CCN(S(=O)(=O)c2ccccc2Cl)CC1. The van der Waals surface area contributed by atoms with Crippen molar-refractivity contribution in [3.63, 3.8) is 0 Å². The number of halogens is 1. The van der Waals surface area contributed by atoms with Gasteiger partial charge in [0.05, 0.1) is 9.90 Å². The Bertz CT molecular complexity index is 1130. The zero-order valence-electron chi connectivity index (χ0n) is 14.6. The molecule has 0 N–H and O–H groups in total. The number of aromatic nitrogens is 1. The van der Waals surface area contributed by atoms with Crippen LogP contribution in [0.3, 0.4) is 0 Å². The van der Waals surface area contributed by atoms with Crippen molar-refractivity contribution in [2.24, 2.45) is 0 Å². The molecule has 3 heterocycles. The van der Waals surface area contributed by atoms with Gasteiger partial charge in [-0.2, -0.15) is 14.6 Å². The van der Waals surface area contributed by atoms with Crippen molar-refractivity contribution in [2.75, 3.05) is 31.1 Å². The molecule has 4 rings (SSSR count). The van der Waals surface area contributed by atoms with Crippen LogP contribution in [0.2, 0.25) is 5.02 Å². The molecular formula is C18H15ClN4O3S2. The first-order valence-corrected chi connectivity index (χ1v) is 11.1. The van der Waals surface area contributed by atoms with Gasteiger partial charge in [0.2, 0.25) is 27.5 Å². The van der Waals surface area contributed by atoms with Crippen molar-refractivity contribution in [3.8, 4) is 16.8 Å². The van der Waals surface area contributed by atoms with Crippen molar-refractivity contribution in [2.45, 2.75) is 4.90 Å². The summed E-state index contributed by atoms with van der Waals surface area (Å²) >= 11 is 7.54. The van der Waals surface area contributed by atoms with E-state index in [4.69, 9.17) is 16.0 Å². The van der Waals surface area contributed by atoms with E-state index in [-0.39, 0.29) is 28.7 Å². The van der Waals surface area contributed by atoms with Gasteiger partial charge in [0.15, 0.2) is 0 Å². The number of sulfonamides is 1. The molecular weight excluding hydrogens is 420 g/mol. The molecule has 0 radical (unpaired) electrons. The lowest BCUT2D eigenvalue weighted by Gasteiger charge is -2.33. The fourth-order valence-corrected chi connectivity index (χ4v) is 5.59. The van der Waals surface area contributed by atoms with Crippen molar-refractivity contribution in [3.05, 3.63) is 52.5 Å². The summed E-state index contributed by atoms with van der Waals surface area (Å²) in [5.41, 5.74) is 0.200. The summed E-state index contributed by atoms with van der Waals surface area (Å²) in [6, 6.07) is 12.2. The van der Waals surface area contributed by atoms with E-state index in [1.165, 1.54) is 21.7 Å². The number of hydrogen-bond acceptors (Lipinski definition) is 7. The minimum absolute atomic E-state index is 0.0995. The Labute approximate surface area is 171 Å². The molecule has 10 heteroatoms. The Balaban J connectivity index is 1.54. The van der Waals surface area contributed by atoms with E-state index in [0.29, 0.717) is 24.9 Å². The number of anilines is 1. The quantitative estimate of drug-likeness (QED) is 0.624. The van der Waals surface area contributed by atoms with Crippen LogP contribution >= 0.6 is 22.9 Å². The molecule has 0 unspecified atom stereocenters.